The molecule has 0 heterocycles. The third-order valence-electron chi connectivity index (χ3n) is 3.58. The number of aliphatic imine (C=N–C) groups is 1. The van der Waals surface area contributed by atoms with Gasteiger partial charge in [0.15, 0.2) is 0 Å². The van der Waals surface area contributed by atoms with E-state index in [4.69, 9.17) is 5.26 Å². The lowest BCUT2D eigenvalue weighted by Crippen LogP contribution is -2.26. The van der Waals surface area contributed by atoms with E-state index in [2.05, 4.69) is 10.3 Å². The number of amides is 1. The van der Waals surface area contributed by atoms with Gasteiger partial charge in [0, 0.05) is 18.3 Å². The topological polar surface area (TPSA) is 85.5 Å². The van der Waals surface area contributed by atoms with E-state index in [1.165, 1.54) is 6.21 Å². The van der Waals surface area contributed by atoms with Gasteiger partial charge in [-0.25, -0.2) is 0 Å². The Balaban J connectivity index is 2.44. The van der Waals surface area contributed by atoms with Gasteiger partial charge >= 0.3 is 0 Å². The Kier molecular flexibility index (Phi) is 6.08. The number of benzene rings is 2. The molecule has 0 unspecified atom stereocenters. The van der Waals surface area contributed by atoms with Crippen LogP contribution in [0.25, 0.3) is 5.76 Å². The molecule has 0 aliphatic heterocycles. The standard InChI is InChI=1S/C20H19N3O2/c1-3-22-20(25)18(19(24)17-7-5-4-6-14(17)2)13-23-16-10-8-15(12-21)9-11-16/h4-11,13,24H,3H2,1-2H3,(H,22,25)/b19-18+,23-13?. The highest BCUT2D eigenvalue weighted by Crippen LogP contribution is 2.20. The van der Waals surface area contributed by atoms with Crippen molar-refractivity contribution < 1.29 is 9.90 Å². The molecule has 0 saturated heterocycles. The van der Waals surface area contributed by atoms with Crippen molar-refractivity contribution in [1.29, 1.82) is 5.26 Å². The second-order valence-corrected chi connectivity index (χ2v) is 5.35. The smallest absolute Gasteiger partial charge is 0.256 e. The summed E-state index contributed by atoms with van der Waals surface area (Å²) >= 11 is 0. The van der Waals surface area contributed by atoms with Gasteiger partial charge in [-0.1, -0.05) is 24.3 Å². The molecule has 0 atom stereocenters. The van der Waals surface area contributed by atoms with Crippen LogP contribution in [0.3, 0.4) is 0 Å². The molecule has 2 aromatic rings. The van der Waals surface area contributed by atoms with Gasteiger partial charge in [-0.05, 0) is 43.7 Å². The number of likely N-dealkylation sites (N-methyl/N-ethyl adjacent to an activating group) is 1. The monoisotopic (exact) mass is 333 g/mol. The third kappa shape index (κ3) is 4.55. The maximum atomic E-state index is 12.3. The van der Waals surface area contributed by atoms with Crippen molar-refractivity contribution in [3.8, 4) is 6.07 Å². The van der Waals surface area contributed by atoms with Gasteiger partial charge in [0.1, 0.15) is 5.76 Å². The zero-order valence-electron chi connectivity index (χ0n) is 14.2. The highest BCUT2D eigenvalue weighted by atomic mass is 16.3. The number of rotatable bonds is 5. The van der Waals surface area contributed by atoms with Crippen LogP contribution in [0.4, 0.5) is 5.69 Å². The molecular weight excluding hydrogens is 314 g/mol. The van der Waals surface area contributed by atoms with E-state index < -0.39 is 5.91 Å². The fourth-order valence-corrected chi connectivity index (χ4v) is 2.23. The number of nitrogens with zero attached hydrogens (tertiary/aromatic N) is 2. The molecule has 0 spiro atoms. The number of carbonyl (C=O) groups excluding carboxylic acids is 1. The lowest BCUT2D eigenvalue weighted by atomic mass is 10.0. The Morgan fingerprint density at radius 3 is 2.52 bits per heavy atom. The van der Waals surface area contributed by atoms with Crippen LogP contribution in [0.1, 0.15) is 23.6 Å². The first-order chi connectivity index (χ1) is 12.1. The van der Waals surface area contributed by atoms with Crippen molar-refractivity contribution in [1.82, 2.24) is 5.32 Å². The van der Waals surface area contributed by atoms with Crippen LogP contribution in [0.2, 0.25) is 0 Å². The Labute approximate surface area is 147 Å². The zero-order valence-corrected chi connectivity index (χ0v) is 14.2. The van der Waals surface area contributed by atoms with E-state index in [-0.39, 0.29) is 11.3 Å². The summed E-state index contributed by atoms with van der Waals surface area (Å²) in [6, 6.07) is 15.9. The van der Waals surface area contributed by atoms with Crippen LogP contribution < -0.4 is 5.32 Å². The van der Waals surface area contributed by atoms with Crippen LogP contribution in [-0.4, -0.2) is 23.8 Å². The average Bonchev–Trinajstić information content (AvgIpc) is 2.63. The molecule has 2 aromatic carbocycles. The lowest BCUT2D eigenvalue weighted by Gasteiger charge is -2.09. The summed E-state index contributed by atoms with van der Waals surface area (Å²) in [4.78, 5) is 16.6. The second-order valence-electron chi connectivity index (χ2n) is 5.35. The van der Waals surface area contributed by atoms with Crippen molar-refractivity contribution in [3.05, 3.63) is 70.8 Å². The molecule has 126 valence electrons. The van der Waals surface area contributed by atoms with Crippen molar-refractivity contribution in [2.24, 2.45) is 4.99 Å². The van der Waals surface area contributed by atoms with Crippen LogP contribution in [0.5, 0.6) is 0 Å². The Bertz CT molecular complexity index is 859. The van der Waals surface area contributed by atoms with Gasteiger partial charge in [0.25, 0.3) is 5.91 Å². The first-order valence-electron chi connectivity index (χ1n) is 7.88. The van der Waals surface area contributed by atoms with Gasteiger partial charge in [0.05, 0.1) is 22.9 Å². The number of aryl methyl sites for hydroxylation is 1. The SMILES string of the molecule is CCNC(=O)/C(C=Nc1ccc(C#N)cc1)=C(/O)c1ccccc1C. The molecule has 25 heavy (non-hydrogen) atoms. The quantitative estimate of drug-likeness (QED) is 0.497. The summed E-state index contributed by atoms with van der Waals surface area (Å²) in [5.74, 6) is -0.526. The molecule has 1 amide bonds. The first kappa shape index (κ1) is 18.0. The largest absolute Gasteiger partial charge is 0.506 e. The van der Waals surface area contributed by atoms with Crippen molar-refractivity contribution in [2.45, 2.75) is 13.8 Å². The summed E-state index contributed by atoms with van der Waals surface area (Å²) in [6.45, 7) is 4.10. The van der Waals surface area contributed by atoms with E-state index >= 15 is 0 Å². The van der Waals surface area contributed by atoms with E-state index in [0.29, 0.717) is 23.4 Å². The first-order valence-corrected chi connectivity index (χ1v) is 7.88. The Morgan fingerprint density at radius 2 is 1.92 bits per heavy atom. The van der Waals surface area contributed by atoms with Crippen molar-refractivity contribution in [3.63, 3.8) is 0 Å². The van der Waals surface area contributed by atoms with Crippen molar-refractivity contribution >= 4 is 23.6 Å². The van der Waals surface area contributed by atoms with Crippen LogP contribution in [-0.2, 0) is 4.79 Å². The number of aliphatic hydroxyl groups is 1. The molecule has 0 aromatic heterocycles. The fourth-order valence-electron chi connectivity index (χ4n) is 2.23. The van der Waals surface area contributed by atoms with Gasteiger partial charge in [-0.3, -0.25) is 9.79 Å². The molecule has 0 fully saturated rings. The van der Waals surface area contributed by atoms with Crippen LogP contribution >= 0.6 is 0 Å². The minimum Gasteiger partial charge on any atom is -0.506 e. The van der Waals surface area contributed by atoms with Gasteiger partial charge in [0.2, 0.25) is 0 Å². The molecule has 5 nitrogen and oxygen atoms in total. The number of hydrogen-bond acceptors (Lipinski definition) is 4. The Hall–Kier alpha value is -3.39. The molecule has 0 saturated carbocycles. The summed E-state index contributed by atoms with van der Waals surface area (Å²) < 4.78 is 0. The number of aliphatic hydroxyl groups excluding tert-OH is 1. The lowest BCUT2D eigenvalue weighted by molar-refractivity contribution is -0.116. The summed E-state index contributed by atoms with van der Waals surface area (Å²) in [6.07, 6.45) is 1.34. The molecule has 0 aliphatic carbocycles. The maximum absolute atomic E-state index is 12.3. The molecular formula is C20H19N3O2. The zero-order chi connectivity index (χ0) is 18.2. The molecule has 5 heteroatoms. The van der Waals surface area contributed by atoms with E-state index in [9.17, 15) is 9.90 Å². The summed E-state index contributed by atoms with van der Waals surface area (Å²) in [5, 5.41) is 22.1. The summed E-state index contributed by atoms with van der Waals surface area (Å²) in [7, 11) is 0. The van der Waals surface area contributed by atoms with Crippen LogP contribution in [0, 0.1) is 18.3 Å². The maximum Gasteiger partial charge on any atom is 0.256 e. The average molecular weight is 333 g/mol. The highest BCUT2D eigenvalue weighted by Gasteiger charge is 2.15. The number of hydrogen-bond donors (Lipinski definition) is 2. The fraction of sp³-hybridized carbons (Fsp3) is 0.150. The van der Waals surface area contributed by atoms with E-state index in [1.54, 1.807) is 43.3 Å². The van der Waals surface area contributed by atoms with Gasteiger partial charge in [-0.2, -0.15) is 5.26 Å². The molecule has 2 N–H and O–H groups in total. The molecule has 0 aliphatic rings. The second kappa shape index (κ2) is 8.46. The van der Waals surface area contributed by atoms with Gasteiger partial charge < -0.3 is 10.4 Å². The van der Waals surface area contributed by atoms with E-state index in [0.717, 1.165) is 5.56 Å². The van der Waals surface area contributed by atoms with E-state index in [1.807, 2.05) is 25.1 Å². The van der Waals surface area contributed by atoms with Crippen molar-refractivity contribution in [2.75, 3.05) is 6.54 Å². The number of nitrogens with one attached hydrogen (secondary N) is 1. The Morgan fingerprint density at radius 1 is 1.24 bits per heavy atom. The summed E-state index contributed by atoms with van der Waals surface area (Å²) in [5.41, 5.74) is 2.63. The molecule has 0 bridgehead atoms. The highest BCUT2D eigenvalue weighted by molar-refractivity contribution is 6.17. The predicted octanol–water partition coefficient (Wildman–Crippen LogP) is 3.67. The number of nitriles is 1. The molecule has 0 radical (unpaired) electrons. The van der Waals surface area contributed by atoms with Gasteiger partial charge in [-0.15, -0.1) is 0 Å². The minimum absolute atomic E-state index is 0.0838. The predicted molar refractivity (Wildman–Crippen MR) is 98.7 cm³/mol. The normalized spacial score (nSPS) is 11.7. The number of carbonyl (C=O) groups is 1. The molecule has 2 rings (SSSR count). The minimum atomic E-state index is -0.402. The third-order valence-corrected chi connectivity index (χ3v) is 3.58. The van der Waals surface area contributed by atoms with Crippen LogP contribution in [0.15, 0.2) is 59.1 Å².